The van der Waals surface area contributed by atoms with Gasteiger partial charge in [0.2, 0.25) is 5.82 Å². The highest BCUT2D eigenvalue weighted by Crippen LogP contribution is 2.18. The Kier molecular flexibility index (Phi) is 9.76. The Morgan fingerprint density at radius 1 is 1.36 bits per heavy atom. The molecule has 3 N–H and O–H groups in total. The smallest absolute Gasteiger partial charge is 0.216 e. The summed E-state index contributed by atoms with van der Waals surface area (Å²) in [7, 11) is 0. The summed E-state index contributed by atoms with van der Waals surface area (Å²) in [4.78, 5) is 11.6. The van der Waals surface area contributed by atoms with E-state index in [0.29, 0.717) is 24.0 Å². The highest BCUT2D eigenvalue weighted by molar-refractivity contribution is 14.0. The Bertz CT molecular complexity index is 701. The number of aromatic nitrogens is 3. The van der Waals surface area contributed by atoms with Gasteiger partial charge in [0.25, 0.3) is 0 Å². The molecule has 0 amide bonds. The molecule has 156 valence electrons. The van der Waals surface area contributed by atoms with Crippen molar-refractivity contribution in [3.8, 4) is 11.6 Å². The van der Waals surface area contributed by atoms with Gasteiger partial charge in [-0.05, 0) is 44.9 Å². The molecule has 28 heavy (non-hydrogen) atoms. The van der Waals surface area contributed by atoms with E-state index in [2.05, 4.69) is 49.6 Å². The van der Waals surface area contributed by atoms with Crippen molar-refractivity contribution in [3.05, 3.63) is 24.2 Å². The van der Waals surface area contributed by atoms with Gasteiger partial charge in [0.1, 0.15) is 12.4 Å². The number of halogens is 1. The van der Waals surface area contributed by atoms with Crippen molar-refractivity contribution < 1.29 is 4.42 Å². The third-order valence-corrected chi connectivity index (χ3v) is 4.92. The third kappa shape index (κ3) is 6.47. The first kappa shape index (κ1) is 22.7. The van der Waals surface area contributed by atoms with Crippen LogP contribution in [0.3, 0.4) is 0 Å². The van der Waals surface area contributed by atoms with Gasteiger partial charge in [-0.1, -0.05) is 13.3 Å². The van der Waals surface area contributed by atoms with Crippen molar-refractivity contribution in [2.75, 3.05) is 26.2 Å². The van der Waals surface area contributed by atoms with Gasteiger partial charge in [0.05, 0.1) is 6.26 Å². The summed E-state index contributed by atoms with van der Waals surface area (Å²) in [5, 5.41) is 13.8. The molecule has 2 aromatic heterocycles. The number of piperidine rings is 1. The summed E-state index contributed by atoms with van der Waals surface area (Å²) in [6, 6.07) is 4.39. The summed E-state index contributed by atoms with van der Waals surface area (Å²) >= 11 is 0. The number of H-pyrrole nitrogens is 1. The molecule has 0 saturated carbocycles. The van der Waals surface area contributed by atoms with E-state index in [-0.39, 0.29) is 24.0 Å². The topological polar surface area (TPSA) is 94.4 Å². The molecule has 1 saturated heterocycles. The minimum Gasteiger partial charge on any atom is -0.461 e. The summed E-state index contributed by atoms with van der Waals surface area (Å²) in [5.74, 6) is 2.72. The lowest BCUT2D eigenvalue weighted by Gasteiger charge is -2.35. The lowest BCUT2D eigenvalue weighted by molar-refractivity contribution is 0.147. The molecule has 0 spiro atoms. The number of aliphatic imine (C=N–C) groups is 1. The second-order valence-corrected chi connectivity index (χ2v) is 6.80. The molecular weight excluding hydrogens is 469 g/mol. The number of aromatic amines is 1. The summed E-state index contributed by atoms with van der Waals surface area (Å²) in [5.41, 5.74) is 0. The average molecular weight is 501 g/mol. The van der Waals surface area contributed by atoms with Crippen molar-refractivity contribution in [1.82, 2.24) is 30.7 Å². The SMILES string of the molecule is CCNC(=NCc1nc(-c2ccco2)n[nH]1)NCCN1CCCCC1CC.I. The van der Waals surface area contributed by atoms with E-state index in [0.717, 1.165) is 31.6 Å². The molecule has 0 aliphatic carbocycles. The number of nitrogens with zero attached hydrogens (tertiary/aromatic N) is 4. The maximum absolute atomic E-state index is 5.32. The minimum absolute atomic E-state index is 0. The molecule has 1 unspecified atom stereocenters. The molecule has 9 heteroatoms. The molecular formula is C19H32IN7O. The standard InChI is InChI=1S/C19H31N7O.HI/c1-3-15-8-5-6-11-26(15)12-10-21-19(20-4-2)22-14-17-23-18(25-24-17)16-9-7-13-27-16;/h7,9,13,15H,3-6,8,10-12,14H2,1-2H3,(H2,20,21,22)(H,23,24,25);1H. The highest BCUT2D eigenvalue weighted by atomic mass is 127. The zero-order valence-electron chi connectivity index (χ0n) is 16.8. The maximum atomic E-state index is 5.32. The molecule has 1 aliphatic heterocycles. The largest absolute Gasteiger partial charge is 0.461 e. The molecule has 8 nitrogen and oxygen atoms in total. The molecule has 3 rings (SSSR count). The maximum Gasteiger partial charge on any atom is 0.216 e. The predicted octanol–water partition coefficient (Wildman–Crippen LogP) is 3.00. The third-order valence-electron chi connectivity index (χ3n) is 4.92. The first-order valence-corrected chi connectivity index (χ1v) is 10.0. The average Bonchev–Trinajstić information content (AvgIpc) is 3.38. The Balaban J connectivity index is 0.00000280. The summed E-state index contributed by atoms with van der Waals surface area (Å²) < 4.78 is 5.32. The lowest BCUT2D eigenvalue weighted by atomic mass is 10.0. The number of likely N-dealkylation sites (tertiary alicyclic amines) is 1. The number of furan rings is 1. The van der Waals surface area contributed by atoms with Gasteiger partial charge < -0.3 is 15.1 Å². The molecule has 1 fully saturated rings. The molecule has 0 aromatic carbocycles. The number of rotatable bonds is 8. The van der Waals surface area contributed by atoms with Crippen LogP contribution in [0.1, 0.15) is 45.4 Å². The molecule has 3 heterocycles. The van der Waals surface area contributed by atoms with Gasteiger partial charge in [-0.15, -0.1) is 29.1 Å². The van der Waals surface area contributed by atoms with E-state index in [1.807, 2.05) is 12.1 Å². The van der Waals surface area contributed by atoms with Gasteiger partial charge in [-0.25, -0.2) is 9.98 Å². The van der Waals surface area contributed by atoms with Crippen LogP contribution in [0.25, 0.3) is 11.6 Å². The Morgan fingerprint density at radius 3 is 3.00 bits per heavy atom. The van der Waals surface area contributed by atoms with Crippen LogP contribution in [-0.4, -0.2) is 58.3 Å². The summed E-state index contributed by atoms with van der Waals surface area (Å²) in [6.07, 6.45) is 6.85. The van der Waals surface area contributed by atoms with Crippen LogP contribution in [0.15, 0.2) is 27.8 Å². The van der Waals surface area contributed by atoms with E-state index >= 15 is 0 Å². The predicted molar refractivity (Wildman–Crippen MR) is 122 cm³/mol. The number of hydrogen-bond acceptors (Lipinski definition) is 5. The first-order chi connectivity index (χ1) is 13.3. The van der Waals surface area contributed by atoms with Crippen molar-refractivity contribution in [2.24, 2.45) is 4.99 Å². The molecule has 2 aromatic rings. The van der Waals surface area contributed by atoms with Gasteiger partial charge >= 0.3 is 0 Å². The van der Waals surface area contributed by atoms with Crippen LogP contribution in [-0.2, 0) is 6.54 Å². The zero-order chi connectivity index (χ0) is 18.9. The van der Waals surface area contributed by atoms with Crippen LogP contribution in [0, 0.1) is 0 Å². The number of guanidine groups is 1. The van der Waals surface area contributed by atoms with Crippen LogP contribution in [0.4, 0.5) is 0 Å². The lowest BCUT2D eigenvalue weighted by Crippen LogP contribution is -2.45. The highest BCUT2D eigenvalue weighted by Gasteiger charge is 2.20. The fourth-order valence-corrected chi connectivity index (χ4v) is 3.51. The Morgan fingerprint density at radius 2 is 2.25 bits per heavy atom. The fourth-order valence-electron chi connectivity index (χ4n) is 3.51. The second kappa shape index (κ2) is 12.1. The van der Waals surface area contributed by atoms with Gasteiger partial charge in [0.15, 0.2) is 11.7 Å². The van der Waals surface area contributed by atoms with Gasteiger partial charge in [-0.2, -0.15) is 0 Å². The molecule has 1 atom stereocenters. The van der Waals surface area contributed by atoms with E-state index < -0.39 is 0 Å². The van der Waals surface area contributed by atoms with Crippen LogP contribution < -0.4 is 10.6 Å². The van der Waals surface area contributed by atoms with Crippen molar-refractivity contribution >= 4 is 29.9 Å². The normalized spacial score (nSPS) is 17.9. The molecule has 0 bridgehead atoms. The van der Waals surface area contributed by atoms with E-state index in [1.54, 1.807) is 6.26 Å². The zero-order valence-corrected chi connectivity index (χ0v) is 19.1. The fraction of sp³-hybridized carbons (Fsp3) is 0.632. The van der Waals surface area contributed by atoms with Crippen LogP contribution >= 0.6 is 24.0 Å². The van der Waals surface area contributed by atoms with Crippen molar-refractivity contribution in [3.63, 3.8) is 0 Å². The quantitative estimate of drug-likeness (QED) is 0.293. The minimum atomic E-state index is 0. The number of nitrogens with one attached hydrogen (secondary N) is 3. The van der Waals surface area contributed by atoms with E-state index in [1.165, 1.54) is 32.2 Å². The van der Waals surface area contributed by atoms with Crippen LogP contribution in [0.2, 0.25) is 0 Å². The summed E-state index contributed by atoms with van der Waals surface area (Å²) in [6.45, 7) is 8.76. The Hall–Kier alpha value is -1.62. The van der Waals surface area contributed by atoms with Crippen molar-refractivity contribution in [2.45, 2.75) is 52.1 Å². The van der Waals surface area contributed by atoms with E-state index in [4.69, 9.17) is 4.42 Å². The molecule has 0 radical (unpaired) electrons. The van der Waals surface area contributed by atoms with Crippen LogP contribution in [0.5, 0.6) is 0 Å². The van der Waals surface area contributed by atoms with Crippen molar-refractivity contribution in [1.29, 1.82) is 0 Å². The number of hydrogen-bond donors (Lipinski definition) is 3. The monoisotopic (exact) mass is 501 g/mol. The van der Waals surface area contributed by atoms with E-state index in [9.17, 15) is 0 Å². The van der Waals surface area contributed by atoms with Gasteiger partial charge in [0, 0.05) is 25.7 Å². The van der Waals surface area contributed by atoms with Gasteiger partial charge in [-0.3, -0.25) is 10.00 Å². The Labute approximate surface area is 184 Å². The first-order valence-electron chi connectivity index (χ1n) is 10.0. The molecule has 1 aliphatic rings. The second-order valence-electron chi connectivity index (χ2n) is 6.80.